The molecule has 0 aliphatic heterocycles. The van der Waals surface area contributed by atoms with E-state index in [0.29, 0.717) is 29.4 Å². The number of unbranched alkanes of at least 4 members (excludes halogenated alkanes) is 1. The third-order valence-electron chi connectivity index (χ3n) is 3.65. The molecule has 0 N–H and O–H groups in total. The van der Waals surface area contributed by atoms with Crippen molar-refractivity contribution in [1.82, 2.24) is 0 Å². The molecule has 0 saturated carbocycles. The zero-order valence-electron chi connectivity index (χ0n) is 14.9. The van der Waals surface area contributed by atoms with Crippen LogP contribution in [0.1, 0.15) is 35.7 Å². The van der Waals surface area contributed by atoms with Gasteiger partial charge in [0.15, 0.2) is 11.5 Å². The smallest absolute Gasteiger partial charge is 0.338 e. The minimum atomic E-state index is -0.444. The first-order valence-corrected chi connectivity index (χ1v) is 8.29. The molecule has 0 aliphatic carbocycles. The largest absolute Gasteiger partial charge is 0.493 e. The molecule has 2 aromatic rings. The monoisotopic (exact) mass is 344 g/mol. The van der Waals surface area contributed by atoms with Crippen LogP contribution in [-0.2, 0) is 11.3 Å². The molecule has 0 radical (unpaired) electrons. The van der Waals surface area contributed by atoms with E-state index in [9.17, 15) is 4.79 Å². The van der Waals surface area contributed by atoms with Crippen LogP contribution in [0.25, 0.3) is 0 Å². The Bertz CT molecular complexity index is 657. The Labute approximate surface area is 148 Å². The molecule has 0 bridgehead atoms. The summed E-state index contributed by atoms with van der Waals surface area (Å²) in [6.45, 7) is 2.85. The zero-order chi connectivity index (χ0) is 18.1. The van der Waals surface area contributed by atoms with Gasteiger partial charge in [-0.25, -0.2) is 4.79 Å². The van der Waals surface area contributed by atoms with Gasteiger partial charge in [0.2, 0.25) is 5.75 Å². The van der Waals surface area contributed by atoms with Gasteiger partial charge < -0.3 is 18.9 Å². The van der Waals surface area contributed by atoms with Crippen molar-refractivity contribution in [2.24, 2.45) is 0 Å². The predicted molar refractivity (Wildman–Crippen MR) is 95.5 cm³/mol. The van der Waals surface area contributed by atoms with E-state index in [2.05, 4.69) is 6.92 Å². The summed E-state index contributed by atoms with van der Waals surface area (Å²) in [5.74, 6) is 0.947. The highest BCUT2D eigenvalue weighted by atomic mass is 16.5. The molecule has 0 fully saturated rings. The van der Waals surface area contributed by atoms with E-state index in [1.807, 2.05) is 30.3 Å². The van der Waals surface area contributed by atoms with E-state index in [1.54, 1.807) is 12.1 Å². The molecule has 0 amide bonds. The van der Waals surface area contributed by atoms with Crippen molar-refractivity contribution in [3.8, 4) is 17.2 Å². The Hall–Kier alpha value is -2.69. The van der Waals surface area contributed by atoms with E-state index < -0.39 is 5.97 Å². The van der Waals surface area contributed by atoms with E-state index in [4.69, 9.17) is 18.9 Å². The van der Waals surface area contributed by atoms with Gasteiger partial charge in [-0.3, -0.25) is 0 Å². The maximum Gasteiger partial charge on any atom is 0.338 e. The van der Waals surface area contributed by atoms with Crippen LogP contribution in [0, 0.1) is 0 Å². The van der Waals surface area contributed by atoms with Gasteiger partial charge in [-0.1, -0.05) is 43.7 Å². The molecular formula is C20H24O5. The summed E-state index contributed by atoms with van der Waals surface area (Å²) in [7, 11) is 3.06. The second kappa shape index (κ2) is 9.57. The van der Waals surface area contributed by atoms with Gasteiger partial charge in [0.1, 0.15) is 6.61 Å². The number of rotatable bonds is 9. The van der Waals surface area contributed by atoms with Crippen molar-refractivity contribution < 1.29 is 23.7 Å². The topological polar surface area (TPSA) is 54.0 Å². The van der Waals surface area contributed by atoms with E-state index in [1.165, 1.54) is 14.2 Å². The molecule has 0 atom stereocenters. The van der Waals surface area contributed by atoms with Gasteiger partial charge in [0, 0.05) is 0 Å². The third kappa shape index (κ3) is 5.14. The second-order valence-corrected chi connectivity index (χ2v) is 5.47. The molecule has 2 rings (SSSR count). The fourth-order valence-corrected chi connectivity index (χ4v) is 2.27. The summed E-state index contributed by atoms with van der Waals surface area (Å²) < 4.78 is 21.8. The number of ether oxygens (including phenoxy) is 4. The number of benzene rings is 2. The maximum absolute atomic E-state index is 12.4. The molecule has 0 aromatic heterocycles. The number of methoxy groups -OCH3 is 2. The first-order valence-electron chi connectivity index (χ1n) is 8.29. The first kappa shape index (κ1) is 18.6. The van der Waals surface area contributed by atoms with Gasteiger partial charge >= 0.3 is 5.97 Å². The fourth-order valence-electron chi connectivity index (χ4n) is 2.27. The minimum Gasteiger partial charge on any atom is -0.493 e. The summed E-state index contributed by atoms with van der Waals surface area (Å²) in [6, 6.07) is 12.7. The number of hydrogen-bond acceptors (Lipinski definition) is 5. The molecule has 5 nitrogen and oxygen atoms in total. The average molecular weight is 344 g/mol. The van der Waals surface area contributed by atoms with Crippen LogP contribution in [0.2, 0.25) is 0 Å². The van der Waals surface area contributed by atoms with Crippen LogP contribution in [0.15, 0.2) is 42.5 Å². The fraction of sp³-hybridized carbons (Fsp3) is 0.350. The van der Waals surface area contributed by atoms with Crippen molar-refractivity contribution in [2.45, 2.75) is 26.4 Å². The molecule has 0 aliphatic rings. The van der Waals surface area contributed by atoms with E-state index in [-0.39, 0.29) is 6.61 Å². The van der Waals surface area contributed by atoms with Crippen molar-refractivity contribution in [2.75, 3.05) is 20.8 Å². The summed E-state index contributed by atoms with van der Waals surface area (Å²) >= 11 is 0. The third-order valence-corrected chi connectivity index (χ3v) is 3.65. The number of carbonyl (C=O) groups is 1. The number of esters is 1. The Morgan fingerprint density at radius 1 is 1.00 bits per heavy atom. The molecular weight excluding hydrogens is 320 g/mol. The quantitative estimate of drug-likeness (QED) is 0.503. The molecule has 25 heavy (non-hydrogen) atoms. The van der Waals surface area contributed by atoms with Crippen LogP contribution in [0.5, 0.6) is 17.2 Å². The Morgan fingerprint density at radius 3 is 2.20 bits per heavy atom. The van der Waals surface area contributed by atoms with Gasteiger partial charge in [-0.15, -0.1) is 0 Å². The normalized spacial score (nSPS) is 10.2. The molecule has 2 aromatic carbocycles. The second-order valence-electron chi connectivity index (χ2n) is 5.47. The zero-order valence-corrected chi connectivity index (χ0v) is 14.9. The number of carbonyl (C=O) groups excluding carboxylic acids is 1. The lowest BCUT2D eigenvalue weighted by molar-refractivity contribution is 0.0471. The Balaban J connectivity index is 2.15. The van der Waals surface area contributed by atoms with Crippen molar-refractivity contribution in [3.05, 3.63) is 53.6 Å². The van der Waals surface area contributed by atoms with Gasteiger partial charge in [-0.05, 0) is 24.1 Å². The molecule has 0 unspecified atom stereocenters. The van der Waals surface area contributed by atoms with Crippen molar-refractivity contribution in [1.29, 1.82) is 0 Å². The highest BCUT2D eigenvalue weighted by Crippen LogP contribution is 2.39. The highest BCUT2D eigenvalue weighted by molar-refractivity contribution is 5.91. The highest BCUT2D eigenvalue weighted by Gasteiger charge is 2.18. The maximum atomic E-state index is 12.4. The summed E-state index contributed by atoms with van der Waals surface area (Å²) in [5.41, 5.74) is 1.28. The van der Waals surface area contributed by atoms with Gasteiger partial charge in [0.05, 0.1) is 26.4 Å². The van der Waals surface area contributed by atoms with Crippen LogP contribution in [0.3, 0.4) is 0 Å². The average Bonchev–Trinajstić information content (AvgIpc) is 2.66. The molecule has 0 saturated heterocycles. The first-order chi connectivity index (χ1) is 12.2. The van der Waals surface area contributed by atoms with E-state index >= 15 is 0 Å². The van der Waals surface area contributed by atoms with E-state index in [0.717, 1.165) is 18.4 Å². The molecule has 0 spiro atoms. The standard InChI is InChI=1S/C20H24O5/c1-4-5-11-24-19-17(22-2)12-16(13-18(19)23-3)20(21)25-14-15-9-7-6-8-10-15/h6-10,12-13H,4-5,11,14H2,1-3H3. The predicted octanol–water partition coefficient (Wildman–Crippen LogP) is 4.24. The molecule has 5 heteroatoms. The lowest BCUT2D eigenvalue weighted by Crippen LogP contribution is -2.08. The molecule has 0 heterocycles. The van der Waals surface area contributed by atoms with Crippen LogP contribution < -0.4 is 14.2 Å². The van der Waals surface area contributed by atoms with Crippen molar-refractivity contribution in [3.63, 3.8) is 0 Å². The SMILES string of the molecule is CCCCOc1c(OC)cc(C(=O)OCc2ccccc2)cc1OC. The Morgan fingerprint density at radius 2 is 1.64 bits per heavy atom. The Kier molecular flexibility index (Phi) is 7.14. The lowest BCUT2D eigenvalue weighted by atomic mass is 10.1. The van der Waals surface area contributed by atoms with Gasteiger partial charge in [0.25, 0.3) is 0 Å². The van der Waals surface area contributed by atoms with Crippen LogP contribution >= 0.6 is 0 Å². The minimum absolute atomic E-state index is 0.207. The van der Waals surface area contributed by atoms with Crippen molar-refractivity contribution >= 4 is 5.97 Å². The lowest BCUT2D eigenvalue weighted by Gasteiger charge is -2.15. The van der Waals surface area contributed by atoms with Crippen LogP contribution in [0.4, 0.5) is 0 Å². The molecule has 134 valence electrons. The van der Waals surface area contributed by atoms with Gasteiger partial charge in [-0.2, -0.15) is 0 Å². The summed E-state index contributed by atoms with van der Waals surface area (Å²) in [6.07, 6.45) is 1.95. The summed E-state index contributed by atoms with van der Waals surface area (Å²) in [4.78, 5) is 12.4. The summed E-state index contributed by atoms with van der Waals surface area (Å²) in [5, 5.41) is 0. The van der Waals surface area contributed by atoms with Crippen LogP contribution in [-0.4, -0.2) is 26.8 Å². The number of hydrogen-bond donors (Lipinski definition) is 0.